The smallest absolute Gasteiger partial charge is 0.253 e. The second kappa shape index (κ2) is 6.06. The highest BCUT2D eigenvalue weighted by atomic mass is 35.5. The molecule has 19 heavy (non-hydrogen) atoms. The van der Waals surface area contributed by atoms with E-state index in [0.29, 0.717) is 11.3 Å². The summed E-state index contributed by atoms with van der Waals surface area (Å²) in [6.45, 7) is 3.55. The molecule has 4 nitrogen and oxygen atoms in total. The molecule has 104 valence electrons. The summed E-state index contributed by atoms with van der Waals surface area (Å²) in [6, 6.07) is 6.79. The first kappa shape index (κ1) is 15.5. The highest BCUT2D eigenvalue weighted by Gasteiger charge is 2.26. The highest BCUT2D eigenvalue weighted by Crippen LogP contribution is 2.20. The van der Waals surface area contributed by atoms with Crippen molar-refractivity contribution in [3.63, 3.8) is 0 Å². The van der Waals surface area contributed by atoms with Gasteiger partial charge in [-0.1, -0.05) is 0 Å². The molecule has 0 aliphatic heterocycles. The first-order valence-corrected chi connectivity index (χ1v) is 6.50. The first-order valence-electron chi connectivity index (χ1n) is 5.97. The van der Waals surface area contributed by atoms with Crippen LogP contribution in [0.5, 0.6) is 0 Å². The molecule has 0 fully saturated rings. The van der Waals surface area contributed by atoms with E-state index in [0.717, 1.165) is 0 Å². The molecule has 0 saturated carbocycles. The number of amides is 2. The van der Waals surface area contributed by atoms with Gasteiger partial charge in [-0.3, -0.25) is 9.59 Å². The summed E-state index contributed by atoms with van der Waals surface area (Å²) in [5, 5.41) is 2.78. The molecule has 0 heterocycles. The van der Waals surface area contributed by atoms with Crippen LogP contribution in [0, 0.1) is 5.41 Å². The number of halogens is 1. The Kier molecular flexibility index (Phi) is 4.95. The fourth-order valence-corrected chi connectivity index (χ4v) is 1.44. The number of benzene rings is 1. The van der Waals surface area contributed by atoms with Crippen molar-refractivity contribution in [1.82, 2.24) is 4.90 Å². The van der Waals surface area contributed by atoms with E-state index in [4.69, 9.17) is 11.6 Å². The van der Waals surface area contributed by atoms with Gasteiger partial charge in [-0.05, 0) is 38.1 Å². The van der Waals surface area contributed by atoms with Crippen LogP contribution < -0.4 is 5.32 Å². The Morgan fingerprint density at radius 1 is 1.21 bits per heavy atom. The molecule has 2 amide bonds. The molecule has 1 rings (SSSR count). The van der Waals surface area contributed by atoms with Gasteiger partial charge in [0.2, 0.25) is 5.91 Å². The van der Waals surface area contributed by atoms with Crippen LogP contribution in [-0.4, -0.2) is 36.7 Å². The number of nitrogens with one attached hydrogen (secondary N) is 1. The zero-order valence-electron chi connectivity index (χ0n) is 11.7. The summed E-state index contributed by atoms with van der Waals surface area (Å²) in [5.74, 6) is 0.0314. The van der Waals surface area contributed by atoms with Crippen LogP contribution >= 0.6 is 11.6 Å². The van der Waals surface area contributed by atoms with Crippen molar-refractivity contribution in [2.45, 2.75) is 13.8 Å². The van der Waals surface area contributed by atoms with Gasteiger partial charge < -0.3 is 10.2 Å². The number of carbonyl (C=O) groups is 2. The molecule has 0 atom stereocenters. The van der Waals surface area contributed by atoms with E-state index in [-0.39, 0.29) is 17.7 Å². The molecular weight excluding hydrogens is 264 g/mol. The molecular formula is C14H19ClN2O2. The van der Waals surface area contributed by atoms with Gasteiger partial charge in [-0.2, -0.15) is 0 Å². The molecule has 0 radical (unpaired) electrons. The van der Waals surface area contributed by atoms with E-state index >= 15 is 0 Å². The molecule has 5 heteroatoms. The van der Waals surface area contributed by atoms with Crippen molar-refractivity contribution >= 4 is 29.1 Å². The van der Waals surface area contributed by atoms with Gasteiger partial charge in [0.1, 0.15) is 0 Å². The Labute approximate surface area is 118 Å². The Bertz CT molecular complexity index is 467. The normalized spacial score (nSPS) is 11.0. The van der Waals surface area contributed by atoms with Gasteiger partial charge in [-0.25, -0.2) is 0 Å². The second-order valence-electron chi connectivity index (χ2n) is 5.25. The fraction of sp³-hybridized carbons (Fsp3) is 0.429. The summed E-state index contributed by atoms with van der Waals surface area (Å²) in [5.41, 5.74) is 0.609. The third kappa shape index (κ3) is 3.96. The third-order valence-electron chi connectivity index (χ3n) is 2.74. The van der Waals surface area contributed by atoms with Crippen molar-refractivity contribution in [3.05, 3.63) is 29.8 Å². The third-order valence-corrected chi connectivity index (χ3v) is 3.41. The number of carbonyl (C=O) groups excluding carboxylic acids is 2. The minimum Gasteiger partial charge on any atom is -0.345 e. The van der Waals surface area contributed by atoms with Crippen LogP contribution in [-0.2, 0) is 4.79 Å². The maximum Gasteiger partial charge on any atom is 0.253 e. The van der Waals surface area contributed by atoms with Gasteiger partial charge >= 0.3 is 0 Å². The molecule has 0 saturated heterocycles. The topological polar surface area (TPSA) is 49.4 Å². The average Bonchev–Trinajstić information content (AvgIpc) is 2.38. The molecule has 0 unspecified atom stereocenters. The van der Waals surface area contributed by atoms with Crippen LogP contribution in [0.4, 0.5) is 5.69 Å². The average molecular weight is 283 g/mol. The summed E-state index contributed by atoms with van der Waals surface area (Å²) < 4.78 is 0. The Morgan fingerprint density at radius 2 is 1.74 bits per heavy atom. The molecule has 0 aromatic heterocycles. The minimum absolute atomic E-state index is 0.0704. The van der Waals surface area contributed by atoms with Crippen molar-refractivity contribution < 1.29 is 9.59 Å². The van der Waals surface area contributed by atoms with Gasteiger partial charge in [0.15, 0.2) is 0 Å². The number of hydrogen-bond acceptors (Lipinski definition) is 2. The monoisotopic (exact) mass is 282 g/mol. The lowest BCUT2D eigenvalue weighted by atomic mass is 9.95. The lowest BCUT2D eigenvalue weighted by Gasteiger charge is -2.20. The SMILES string of the molecule is CN(C)C(=O)c1ccc(NC(=O)C(C)(C)CCl)cc1. The summed E-state index contributed by atoms with van der Waals surface area (Å²) in [4.78, 5) is 25.1. The summed E-state index contributed by atoms with van der Waals surface area (Å²) >= 11 is 5.74. The summed E-state index contributed by atoms with van der Waals surface area (Å²) in [7, 11) is 3.39. The Morgan fingerprint density at radius 3 is 2.16 bits per heavy atom. The maximum absolute atomic E-state index is 11.9. The van der Waals surface area contributed by atoms with Crippen LogP contribution in [0.25, 0.3) is 0 Å². The van der Waals surface area contributed by atoms with Crippen molar-refractivity contribution in [2.24, 2.45) is 5.41 Å². The van der Waals surface area contributed by atoms with E-state index in [1.807, 2.05) is 0 Å². The van der Waals surface area contributed by atoms with E-state index in [1.54, 1.807) is 52.2 Å². The van der Waals surface area contributed by atoms with Gasteiger partial charge in [-0.15, -0.1) is 11.6 Å². The lowest BCUT2D eigenvalue weighted by Crippen LogP contribution is -2.32. The Hall–Kier alpha value is -1.55. The lowest BCUT2D eigenvalue weighted by molar-refractivity contribution is -0.122. The van der Waals surface area contributed by atoms with E-state index < -0.39 is 5.41 Å². The molecule has 1 N–H and O–H groups in total. The van der Waals surface area contributed by atoms with Crippen molar-refractivity contribution in [2.75, 3.05) is 25.3 Å². The predicted molar refractivity (Wildman–Crippen MR) is 77.6 cm³/mol. The molecule has 0 aliphatic rings. The number of anilines is 1. The highest BCUT2D eigenvalue weighted by molar-refractivity contribution is 6.20. The standard InChI is InChI=1S/C14H19ClN2O2/c1-14(2,9-15)13(19)16-11-7-5-10(6-8-11)12(18)17(3)4/h5-8H,9H2,1-4H3,(H,16,19). The maximum atomic E-state index is 11.9. The molecule has 1 aromatic rings. The largest absolute Gasteiger partial charge is 0.345 e. The number of nitrogens with zero attached hydrogens (tertiary/aromatic N) is 1. The van der Waals surface area contributed by atoms with E-state index in [1.165, 1.54) is 4.90 Å². The minimum atomic E-state index is -0.625. The second-order valence-corrected chi connectivity index (χ2v) is 5.52. The van der Waals surface area contributed by atoms with Gasteiger partial charge in [0.25, 0.3) is 5.91 Å². The molecule has 0 aliphatic carbocycles. The number of hydrogen-bond donors (Lipinski definition) is 1. The fourth-order valence-electron chi connectivity index (χ4n) is 1.32. The Balaban J connectivity index is 2.78. The van der Waals surface area contributed by atoms with Crippen LogP contribution in [0.3, 0.4) is 0 Å². The predicted octanol–water partition coefficient (Wildman–Crippen LogP) is 2.59. The van der Waals surface area contributed by atoms with E-state index in [9.17, 15) is 9.59 Å². The molecule has 0 bridgehead atoms. The molecule has 0 spiro atoms. The summed E-state index contributed by atoms with van der Waals surface area (Å²) in [6.07, 6.45) is 0. The van der Waals surface area contributed by atoms with Crippen molar-refractivity contribution in [1.29, 1.82) is 0 Å². The van der Waals surface area contributed by atoms with Crippen LogP contribution in [0.1, 0.15) is 24.2 Å². The van der Waals surface area contributed by atoms with E-state index in [2.05, 4.69) is 5.32 Å². The van der Waals surface area contributed by atoms with Gasteiger partial charge in [0, 0.05) is 31.2 Å². The van der Waals surface area contributed by atoms with Crippen LogP contribution in [0.2, 0.25) is 0 Å². The first-order chi connectivity index (χ1) is 8.77. The zero-order valence-corrected chi connectivity index (χ0v) is 12.4. The quantitative estimate of drug-likeness (QED) is 0.863. The van der Waals surface area contributed by atoms with Crippen LogP contribution in [0.15, 0.2) is 24.3 Å². The molecule has 1 aromatic carbocycles. The zero-order chi connectivity index (χ0) is 14.6. The number of alkyl halides is 1. The number of rotatable bonds is 4. The van der Waals surface area contributed by atoms with Crippen molar-refractivity contribution in [3.8, 4) is 0 Å². The van der Waals surface area contributed by atoms with Gasteiger partial charge in [0.05, 0.1) is 5.41 Å².